The number of urea groups is 1. The van der Waals surface area contributed by atoms with Gasteiger partial charge >= 0.3 is 6.03 Å². The number of benzene rings is 1. The maximum atomic E-state index is 12.7. The van der Waals surface area contributed by atoms with Gasteiger partial charge < -0.3 is 4.52 Å². The van der Waals surface area contributed by atoms with Gasteiger partial charge in [-0.2, -0.15) is 0 Å². The molecule has 0 radical (unpaired) electrons. The molecule has 0 spiro atoms. The Morgan fingerprint density at radius 1 is 1.22 bits per heavy atom. The highest BCUT2D eigenvalue weighted by molar-refractivity contribution is 6.30. The van der Waals surface area contributed by atoms with Gasteiger partial charge in [0.15, 0.2) is 0 Å². The van der Waals surface area contributed by atoms with Gasteiger partial charge in [0.05, 0.1) is 12.2 Å². The maximum Gasteiger partial charge on any atom is 0.332 e. The predicted octanol–water partition coefficient (Wildman–Crippen LogP) is 3.30. The number of carbonyl (C=O) groups excluding carboxylic acids is 2. The van der Waals surface area contributed by atoms with Gasteiger partial charge in [-0.25, -0.2) is 4.79 Å². The molecular weight excluding hydrogens is 318 g/mol. The highest BCUT2D eigenvalue weighted by atomic mass is 35.5. The summed E-state index contributed by atoms with van der Waals surface area (Å²) in [5.74, 6) is 0.366. The molecule has 3 amide bonds. The molecule has 1 aliphatic rings. The number of carbonyl (C=O) groups is 2. The smallest absolute Gasteiger partial charge is 0.332 e. The standard InChI is InChI=1S/C16H16ClN3O3/c1-9-14(11(3)23-18-9)8-19-15(21)10(2)20(16(19)22)13-6-4-12(17)5-7-13/h4-7,10H,8H2,1-3H3/t10-/m1/s1. The fourth-order valence-electron chi connectivity index (χ4n) is 2.69. The zero-order valence-electron chi connectivity index (χ0n) is 13.0. The van der Waals surface area contributed by atoms with Crippen molar-refractivity contribution in [1.82, 2.24) is 10.1 Å². The van der Waals surface area contributed by atoms with Crippen molar-refractivity contribution in [3.63, 3.8) is 0 Å². The molecule has 0 saturated carbocycles. The van der Waals surface area contributed by atoms with Crippen molar-refractivity contribution in [1.29, 1.82) is 0 Å². The monoisotopic (exact) mass is 333 g/mol. The van der Waals surface area contributed by atoms with E-state index in [1.165, 1.54) is 9.80 Å². The number of nitrogens with zero attached hydrogens (tertiary/aromatic N) is 3. The molecule has 1 aliphatic heterocycles. The molecule has 1 atom stereocenters. The van der Waals surface area contributed by atoms with Crippen LogP contribution in [0.15, 0.2) is 28.8 Å². The van der Waals surface area contributed by atoms with Crippen molar-refractivity contribution in [2.45, 2.75) is 33.4 Å². The van der Waals surface area contributed by atoms with E-state index in [2.05, 4.69) is 5.16 Å². The third kappa shape index (κ3) is 2.59. The molecule has 1 aromatic carbocycles. The lowest BCUT2D eigenvalue weighted by Crippen LogP contribution is -2.33. The molecule has 0 bridgehead atoms. The molecular formula is C16H16ClN3O3. The molecule has 2 aromatic rings. The Labute approximate surface area is 138 Å². The van der Waals surface area contributed by atoms with Crippen LogP contribution in [0.3, 0.4) is 0 Å². The van der Waals surface area contributed by atoms with Crippen LogP contribution >= 0.6 is 11.6 Å². The number of imide groups is 1. The molecule has 3 rings (SSSR count). The fraction of sp³-hybridized carbons (Fsp3) is 0.312. The van der Waals surface area contributed by atoms with Crippen LogP contribution in [-0.4, -0.2) is 28.0 Å². The van der Waals surface area contributed by atoms with E-state index in [0.29, 0.717) is 22.2 Å². The van der Waals surface area contributed by atoms with Gasteiger partial charge in [-0.05, 0) is 45.0 Å². The number of hydrogen-bond donors (Lipinski definition) is 0. The SMILES string of the molecule is Cc1noc(C)c1CN1C(=O)[C@@H](C)N(c2ccc(Cl)cc2)C1=O. The van der Waals surface area contributed by atoms with Crippen LogP contribution in [0.2, 0.25) is 5.02 Å². The Morgan fingerprint density at radius 3 is 2.43 bits per heavy atom. The highest BCUT2D eigenvalue weighted by Gasteiger charge is 2.43. The molecule has 0 aliphatic carbocycles. The first-order valence-electron chi connectivity index (χ1n) is 7.22. The number of rotatable bonds is 3. The Morgan fingerprint density at radius 2 is 1.87 bits per heavy atom. The first kappa shape index (κ1) is 15.6. The van der Waals surface area contributed by atoms with Gasteiger partial charge in [0.2, 0.25) is 0 Å². The molecule has 6 nitrogen and oxygen atoms in total. The number of aryl methyl sites for hydroxylation is 2. The van der Waals surface area contributed by atoms with Crippen molar-refractivity contribution in [2.75, 3.05) is 4.90 Å². The molecule has 23 heavy (non-hydrogen) atoms. The van der Waals surface area contributed by atoms with E-state index < -0.39 is 6.04 Å². The van der Waals surface area contributed by atoms with Crippen LogP contribution in [0.5, 0.6) is 0 Å². The summed E-state index contributed by atoms with van der Waals surface area (Å²) >= 11 is 5.88. The quantitative estimate of drug-likeness (QED) is 0.808. The van der Waals surface area contributed by atoms with E-state index in [1.807, 2.05) is 0 Å². The van der Waals surface area contributed by atoms with Crippen LogP contribution in [0.1, 0.15) is 23.9 Å². The first-order chi connectivity index (χ1) is 10.9. The average molecular weight is 334 g/mol. The second kappa shape index (κ2) is 5.70. The third-order valence-electron chi connectivity index (χ3n) is 4.05. The number of hydrogen-bond acceptors (Lipinski definition) is 4. The summed E-state index contributed by atoms with van der Waals surface area (Å²) in [6, 6.07) is 5.91. The minimum Gasteiger partial charge on any atom is -0.361 e. The normalized spacial score (nSPS) is 18.2. The summed E-state index contributed by atoms with van der Waals surface area (Å²) in [6.45, 7) is 5.42. The van der Waals surface area contributed by atoms with Crippen LogP contribution in [0, 0.1) is 13.8 Å². The zero-order chi connectivity index (χ0) is 16.7. The van der Waals surface area contributed by atoms with Gasteiger partial charge in [0.1, 0.15) is 11.8 Å². The minimum absolute atomic E-state index is 0.160. The van der Waals surface area contributed by atoms with Crippen LogP contribution < -0.4 is 4.90 Å². The number of amides is 3. The molecule has 0 unspecified atom stereocenters. The summed E-state index contributed by atoms with van der Waals surface area (Å²) in [7, 11) is 0. The van der Waals surface area contributed by atoms with E-state index in [0.717, 1.165) is 5.56 Å². The fourth-order valence-corrected chi connectivity index (χ4v) is 2.82. The summed E-state index contributed by atoms with van der Waals surface area (Å²) in [4.78, 5) is 27.9. The molecule has 1 aromatic heterocycles. The van der Waals surface area contributed by atoms with Crippen LogP contribution in [0.25, 0.3) is 0 Å². The Kier molecular flexibility index (Phi) is 3.85. The Balaban J connectivity index is 1.90. The number of anilines is 1. The summed E-state index contributed by atoms with van der Waals surface area (Å²) in [5, 5.41) is 4.44. The van der Waals surface area contributed by atoms with E-state index in [4.69, 9.17) is 16.1 Å². The van der Waals surface area contributed by atoms with Crippen molar-refractivity contribution in [2.24, 2.45) is 0 Å². The van der Waals surface area contributed by atoms with E-state index in [-0.39, 0.29) is 18.5 Å². The van der Waals surface area contributed by atoms with E-state index in [1.54, 1.807) is 45.0 Å². The van der Waals surface area contributed by atoms with Crippen LogP contribution in [-0.2, 0) is 11.3 Å². The van der Waals surface area contributed by atoms with Gasteiger partial charge in [-0.1, -0.05) is 16.8 Å². The highest BCUT2D eigenvalue weighted by Crippen LogP contribution is 2.28. The Bertz CT molecular complexity index is 750. The van der Waals surface area contributed by atoms with Crippen molar-refractivity contribution >= 4 is 29.2 Å². The molecule has 1 saturated heterocycles. The third-order valence-corrected chi connectivity index (χ3v) is 4.30. The lowest BCUT2D eigenvalue weighted by molar-refractivity contribution is -0.127. The zero-order valence-corrected chi connectivity index (χ0v) is 13.8. The van der Waals surface area contributed by atoms with Gasteiger partial charge in [0.25, 0.3) is 5.91 Å². The number of halogens is 1. The van der Waals surface area contributed by atoms with E-state index in [9.17, 15) is 9.59 Å². The Hall–Kier alpha value is -2.34. The molecule has 2 heterocycles. The second-order valence-corrected chi connectivity index (χ2v) is 5.97. The molecule has 7 heteroatoms. The maximum absolute atomic E-state index is 12.7. The lowest BCUT2D eigenvalue weighted by Gasteiger charge is -2.19. The van der Waals surface area contributed by atoms with Crippen LogP contribution in [0.4, 0.5) is 10.5 Å². The largest absolute Gasteiger partial charge is 0.361 e. The summed E-state index contributed by atoms with van der Waals surface area (Å²) < 4.78 is 5.10. The van der Waals surface area contributed by atoms with E-state index >= 15 is 0 Å². The summed E-state index contributed by atoms with van der Waals surface area (Å²) in [5.41, 5.74) is 2.08. The van der Waals surface area contributed by atoms with Gasteiger partial charge in [-0.15, -0.1) is 0 Å². The molecule has 1 fully saturated rings. The first-order valence-corrected chi connectivity index (χ1v) is 7.60. The topological polar surface area (TPSA) is 66.7 Å². The molecule has 120 valence electrons. The van der Waals surface area contributed by atoms with Gasteiger partial charge in [-0.3, -0.25) is 14.6 Å². The summed E-state index contributed by atoms with van der Waals surface area (Å²) in [6.07, 6.45) is 0. The van der Waals surface area contributed by atoms with Crippen molar-refractivity contribution in [3.05, 3.63) is 46.3 Å². The predicted molar refractivity (Wildman–Crippen MR) is 85.3 cm³/mol. The lowest BCUT2D eigenvalue weighted by atomic mass is 10.2. The number of aromatic nitrogens is 1. The molecule has 0 N–H and O–H groups in total. The van der Waals surface area contributed by atoms with Gasteiger partial charge in [0, 0.05) is 16.3 Å². The average Bonchev–Trinajstić information content (AvgIpc) is 2.94. The van der Waals surface area contributed by atoms with Crippen molar-refractivity contribution in [3.8, 4) is 0 Å². The second-order valence-electron chi connectivity index (χ2n) is 5.53. The minimum atomic E-state index is -0.566. The van der Waals surface area contributed by atoms with Crippen molar-refractivity contribution < 1.29 is 14.1 Å².